The van der Waals surface area contributed by atoms with Gasteiger partial charge in [0.1, 0.15) is 5.82 Å². The smallest absolute Gasteiger partial charge is 0.152 e. The second-order valence-corrected chi connectivity index (χ2v) is 4.21. The molecule has 0 saturated carbocycles. The molecule has 4 heteroatoms. The van der Waals surface area contributed by atoms with E-state index < -0.39 is 0 Å². The molecule has 0 fully saturated rings. The fourth-order valence-electron chi connectivity index (χ4n) is 1.84. The quantitative estimate of drug-likeness (QED) is 0.859. The number of nitrogens with zero attached hydrogens (tertiary/aromatic N) is 3. The van der Waals surface area contributed by atoms with Crippen molar-refractivity contribution in [2.45, 2.75) is 19.8 Å². The SMILES string of the molecule is Cc1ccccc1Cc1nc(CCN)nn1C. The first-order valence-electron chi connectivity index (χ1n) is 5.84. The highest BCUT2D eigenvalue weighted by Gasteiger charge is 2.08. The molecule has 0 atom stereocenters. The van der Waals surface area contributed by atoms with Crippen LogP contribution in [-0.4, -0.2) is 21.3 Å². The number of rotatable bonds is 4. The van der Waals surface area contributed by atoms with Crippen LogP contribution in [0.3, 0.4) is 0 Å². The number of hydrogen-bond acceptors (Lipinski definition) is 3. The van der Waals surface area contributed by atoms with Crippen molar-refractivity contribution in [3.63, 3.8) is 0 Å². The molecule has 2 N–H and O–H groups in total. The largest absolute Gasteiger partial charge is 0.330 e. The molecule has 2 rings (SSSR count). The molecule has 0 unspecified atom stereocenters. The van der Waals surface area contributed by atoms with Crippen molar-refractivity contribution in [2.75, 3.05) is 6.54 Å². The van der Waals surface area contributed by atoms with E-state index in [-0.39, 0.29) is 0 Å². The van der Waals surface area contributed by atoms with Crippen molar-refractivity contribution < 1.29 is 0 Å². The molecule has 0 amide bonds. The molecule has 17 heavy (non-hydrogen) atoms. The van der Waals surface area contributed by atoms with Crippen LogP contribution in [-0.2, 0) is 19.9 Å². The fourth-order valence-corrected chi connectivity index (χ4v) is 1.84. The monoisotopic (exact) mass is 230 g/mol. The Morgan fingerprint density at radius 1 is 1.29 bits per heavy atom. The van der Waals surface area contributed by atoms with Crippen molar-refractivity contribution in [3.05, 3.63) is 47.0 Å². The molecular weight excluding hydrogens is 212 g/mol. The number of aromatic nitrogens is 3. The summed E-state index contributed by atoms with van der Waals surface area (Å²) in [4.78, 5) is 4.51. The maximum absolute atomic E-state index is 5.51. The molecule has 4 nitrogen and oxygen atoms in total. The standard InChI is InChI=1S/C13H18N4/c1-10-5-3-4-6-11(10)9-13-15-12(7-8-14)16-17(13)2/h3-6H,7-9,14H2,1-2H3. The van der Waals surface area contributed by atoms with Crippen molar-refractivity contribution in [1.29, 1.82) is 0 Å². The Bertz CT molecular complexity index is 502. The van der Waals surface area contributed by atoms with Crippen LogP contribution < -0.4 is 5.73 Å². The van der Waals surface area contributed by atoms with Crippen LogP contribution in [0.2, 0.25) is 0 Å². The summed E-state index contributed by atoms with van der Waals surface area (Å²) in [6, 6.07) is 8.36. The highest BCUT2D eigenvalue weighted by atomic mass is 15.3. The first-order valence-corrected chi connectivity index (χ1v) is 5.84. The highest BCUT2D eigenvalue weighted by Crippen LogP contribution is 2.12. The third kappa shape index (κ3) is 2.71. The van der Waals surface area contributed by atoms with Gasteiger partial charge >= 0.3 is 0 Å². The van der Waals surface area contributed by atoms with Gasteiger partial charge in [0.15, 0.2) is 5.82 Å². The average Bonchev–Trinajstić information content (AvgIpc) is 2.63. The van der Waals surface area contributed by atoms with Gasteiger partial charge in [0.05, 0.1) is 0 Å². The lowest BCUT2D eigenvalue weighted by Gasteiger charge is -2.04. The maximum Gasteiger partial charge on any atom is 0.152 e. The Morgan fingerprint density at radius 3 is 2.76 bits per heavy atom. The van der Waals surface area contributed by atoms with E-state index >= 15 is 0 Å². The lowest BCUT2D eigenvalue weighted by Crippen LogP contribution is -2.04. The Hall–Kier alpha value is -1.68. The lowest BCUT2D eigenvalue weighted by atomic mass is 10.1. The zero-order chi connectivity index (χ0) is 12.3. The second-order valence-electron chi connectivity index (χ2n) is 4.21. The number of aryl methyl sites for hydroxylation is 2. The Kier molecular flexibility index (Phi) is 3.54. The van der Waals surface area contributed by atoms with E-state index in [4.69, 9.17) is 5.73 Å². The van der Waals surface area contributed by atoms with Gasteiger partial charge in [0, 0.05) is 19.9 Å². The molecule has 0 spiro atoms. The normalized spacial score (nSPS) is 10.8. The molecular formula is C13H18N4. The van der Waals surface area contributed by atoms with E-state index in [1.807, 2.05) is 11.7 Å². The van der Waals surface area contributed by atoms with Gasteiger partial charge in [-0.15, -0.1) is 0 Å². The number of nitrogens with two attached hydrogens (primary N) is 1. The molecule has 1 aromatic heterocycles. The summed E-state index contributed by atoms with van der Waals surface area (Å²) < 4.78 is 1.84. The summed E-state index contributed by atoms with van der Waals surface area (Å²) >= 11 is 0. The van der Waals surface area contributed by atoms with Crippen molar-refractivity contribution in [1.82, 2.24) is 14.8 Å². The zero-order valence-corrected chi connectivity index (χ0v) is 10.3. The van der Waals surface area contributed by atoms with E-state index in [1.54, 1.807) is 0 Å². The summed E-state index contributed by atoms with van der Waals surface area (Å²) in [5.41, 5.74) is 8.09. The molecule has 0 aliphatic carbocycles. The van der Waals surface area contributed by atoms with Crippen LogP contribution in [0.25, 0.3) is 0 Å². The van der Waals surface area contributed by atoms with Crippen LogP contribution in [0.1, 0.15) is 22.8 Å². The van der Waals surface area contributed by atoms with Crippen LogP contribution in [0, 0.1) is 6.92 Å². The summed E-state index contributed by atoms with van der Waals surface area (Å²) in [5, 5.41) is 4.35. The number of hydrogen-bond donors (Lipinski definition) is 1. The van der Waals surface area contributed by atoms with Gasteiger partial charge < -0.3 is 5.73 Å². The Morgan fingerprint density at radius 2 is 2.06 bits per heavy atom. The molecule has 0 saturated heterocycles. The van der Waals surface area contributed by atoms with E-state index in [2.05, 4.69) is 41.3 Å². The predicted octanol–water partition coefficient (Wildman–Crippen LogP) is 1.22. The number of benzene rings is 1. The summed E-state index contributed by atoms with van der Waals surface area (Å²) in [6.07, 6.45) is 1.56. The third-order valence-electron chi connectivity index (χ3n) is 2.87. The van der Waals surface area contributed by atoms with Gasteiger partial charge in [-0.3, -0.25) is 4.68 Å². The average molecular weight is 230 g/mol. The molecule has 90 valence electrons. The molecule has 0 radical (unpaired) electrons. The third-order valence-corrected chi connectivity index (χ3v) is 2.87. The van der Waals surface area contributed by atoms with Crippen LogP contribution in [0.4, 0.5) is 0 Å². The van der Waals surface area contributed by atoms with Gasteiger partial charge in [0.25, 0.3) is 0 Å². The fraction of sp³-hybridized carbons (Fsp3) is 0.385. The predicted molar refractivity (Wildman–Crippen MR) is 67.7 cm³/mol. The van der Waals surface area contributed by atoms with Crippen LogP contribution in [0.5, 0.6) is 0 Å². The van der Waals surface area contributed by atoms with E-state index in [0.717, 1.165) is 24.5 Å². The molecule has 1 heterocycles. The van der Waals surface area contributed by atoms with Crippen molar-refractivity contribution in [3.8, 4) is 0 Å². The first kappa shape index (κ1) is 11.8. The van der Waals surface area contributed by atoms with Crippen LogP contribution >= 0.6 is 0 Å². The van der Waals surface area contributed by atoms with Crippen LogP contribution in [0.15, 0.2) is 24.3 Å². The van der Waals surface area contributed by atoms with Crippen molar-refractivity contribution >= 4 is 0 Å². The van der Waals surface area contributed by atoms with Gasteiger partial charge in [-0.1, -0.05) is 24.3 Å². The molecule has 0 bridgehead atoms. The molecule has 2 aromatic rings. The minimum atomic E-state index is 0.591. The van der Waals surface area contributed by atoms with E-state index in [9.17, 15) is 0 Å². The Labute approximate surface area is 101 Å². The van der Waals surface area contributed by atoms with E-state index in [0.29, 0.717) is 6.54 Å². The second kappa shape index (κ2) is 5.10. The summed E-state index contributed by atoms with van der Waals surface area (Å²) in [6.45, 7) is 2.71. The van der Waals surface area contributed by atoms with Gasteiger partial charge in [-0.25, -0.2) is 4.98 Å². The minimum absolute atomic E-state index is 0.591. The summed E-state index contributed by atoms with van der Waals surface area (Å²) in [5.74, 6) is 1.82. The minimum Gasteiger partial charge on any atom is -0.330 e. The van der Waals surface area contributed by atoms with Gasteiger partial charge in [-0.05, 0) is 24.6 Å². The molecule has 0 aliphatic rings. The lowest BCUT2D eigenvalue weighted by molar-refractivity contribution is 0.703. The summed E-state index contributed by atoms with van der Waals surface area (Å²) in [7, 11) is 1.93. The molecule has 0 aliphatic heterocycles. The molecule has 1 aromatic carbocycles. The maximum atomic E-state index is 5.51. The first-order chi connectivity index (χ1) is 8.20. The Balaban J connectivity index is 2.21. The topological polar surface area (TPSA) is 56.7 Å². The van der Waals surface area contributed by atoms with E-state index in [1.165, 1.54) is 11.1 Å². The van der Waals surface area contributed by atoms with Crippen molar-refractivity contribution in [2.24, 2.45) is 12.8 Å². The van der Waals surface area contributed by atoms with Gasteiger partial charge in [-0.2, -0.15) is 5.10 Å². The highest BCUT2D eigenvalue weighted by molar-refractivity contribution is 5.28. The zero-order valence-electron chi connectivity index (χ0n) is 10.3. The van der Waals surface area contributed by atoms with Gasteiger partial charge in [0.2, 0.25) is 0 Å².